The van der Waals surface area contributed by atoms with Crippen LogP contribution in [0.25, 0.3) is 10.9 Å². The second-order valence-electron chi connectivity index (χ2n) is 4.86. The number of aromatic nitrogens is 1. The summed E-state index contributed by atoms with van der Waals surface area (Å²) in [5.74, 6) is 0.494. The highest BCUT2D eigenvalue weighted by molar-refractivity contribution is 9.09. The highest BCUT2D eigenvalue weighted by Gasteiger charge is 2.17. The molecule has 100 valence electrons. The molecule has 0 aliphatic carbocycles. The Balaban J connectivity index is 2.53. The lowest BCUT2D eigenvalue weighted by Gasteiger charge is -2.14. The van der Waals surface area contributed by atoms with E-state index in [1.54, 1.807) is 24.4 Å². The maximum atomic E-state index is 11.0. The van der Waals surface area contributed by atoms with E-state index in [0.717, 1.165) is 17.5 Å². The Kier molecular flexibility index (Phi) is 4.14. The van der Waals surface area contributed by atoms with Crippen LogP contribution in [0.15, 0.2) is 30.5 Å². The maximum Gasteiger partial charge on any atom is 0.278 e. The highest BCUT2D eigenvalue weighted by atomic mass is 79.9. The van der Waals surface area contributed by atoms with Crippen LogP contribution in [-0.2, 0) is 6.42 Å². The van der Waals surface area contributed by atoms with Crippen LogP contribution in [0.3, 0.4) is 0 Å². The first kappa shape index (κ1) is 13.9. The van der Waals surface area contributed by atoms with Gasteiger partial charge >= 0.3 is 0 Å². The highest BCUT2D eigenvalue weighted by Crippen LogP contribution is 2.29. The monoisotopic (exact) mass is 322 g/mol. The van der Waals surface area contributed by atoms with Gasteiger partial charge in [-0.3, -0.25) is 15.1 Å². The summed E-state index contributed by atoms with van der Waals surface area (Å²) in [5.41, 5.74) is 1.88. The summed E-state index contributed by atoms with van der Waals surface area (Å²) < 4.78 is 0. The molecule has 19 heavy (non-hydrogen) atoms. The van der Waals surface area contributed by atoms with Gasteiger partial charge in [-0.2, -0.15) is 0 Å². The first-order valence-electron chi connectivity index (χ1n) is 6.15. The molecule has 0 saturated carbocycles. The van der Waals surface area contributed by atoms with E-state index >= 15 is 0 Å². The molecule has 1 atom stereocenters. The quantitative estimate of drug-likeness (QED) is 0.483. The number of hydrogen-bond acceptors (Lipinski definition) is 3. The Morgan fingerprint density at radius 3 is 2.74 bits per heavy atom. The van der Waals surface area contributed by atoms with Gasteiger partial charge in [0, 0.05) is 17.1 Å². The number of halogens is 1. The molecule has 0 spiro atoms. The summed E-state index contributed by atoms with van der Waals surface area (Å²) in [5, 5.41) is 11.6. The molecule has 0 amide bonds. The average molecular weight is 323 g/mol. The van der Waals surface area contributed by atoms with Gasteiger partial charge < -0.3 is 0 Å². The van der Waals surface area contributed by atoms with E-state index in [-0.39, 0.29) is 10.6 Å². The predicted octanol–water partition coefficient (Wildman–Crippen LogP) is 4.11. The van der Waals surface area contributed by atoms with Crippen LogP contribution in [0.2, 0.25) is 0 Å². The summed E-state index contributed by atoms with van der Waals surface area (Å²) in [6.45, 7) is 4.28. The predicted molar refractivity (Wildman–Crippen MR) is 79.7 cm³/mol. The Morgan fingerprint density at radius 1 is 1.37 bits per heavy atom. The van der Waals surface area contributed by atoms with Crippen LogP contribution in [0.5, 0.6) is 0 Å². The van der Waals surface area contributed by atoms with Crippen molar-refractivity contribution in [2.75, 3.05) is 0 Å². The van der Waals surface area contributed by atoms with Gasteiger partial charge in [-0.15, -0.1) is 0 Å². The molecule has 0 aliphatic heterocycles. The SMILES string of the molecule is CC(C)C(Br)Cc1ccc([N+](=O)[O-])c2cccnc12. The molecule has 0 aliphatic rings. The molecular formula is C14H15BrN2O2. The Morgan fingerprint density at radius 2 is 2.11 bits per heavy atom. The lowest BCUT2D eigenvalue weighted by atomic mass is 9.99. The van der Waals surface area contributed by atoms with E-state index in [4.69, 9.17) is 0 Å². The van der Waals surface area contributed by atoms with Gasteiger partial charge in [-0.1, -0.05) is 29.8 Å². The normalized spacial score (nSPS) is 12.8. The fourth-order valence-corrected chi connectivity index (χ4v) is 2.33. The van der Waals surface area contributed by atoms with Gasteiger partial charge in [0.25, 0.3) is 5.69 Å². The molecule has 0 N–H and O–H groups in total. The zero-order valence-electron chi connectivity index (χ0n) is 10.8. The second kappa shape index (κ2) is 5.65. The van der Waals surface area contributed by atoms with Crippen molar-refractivity contribution in [3.63, 3.8) is 0 Å². The number of pyridine rings is 1. The van der Waals surface area contributed by atoms with Gasteiger partial charge in [0.1, 0.15) is 0 Å². The van der Waals surface area contributed by atoms with Gasteiger partial charge in [0.15, 0.2) is 0 Å². The Bertz CT molecular complexity index is 613. The Labute approximate surface area is 120 Å². The van der Waals surface area contributed by atoms with E-state index in [1.807, 2.05) is 6.07 Å². The molecule has 1 aromatic heterocycles. The molecule has 0 bridgehead atoms. The summed E-state index contributed by atoms with van der Waals surface area (Å²) in [7, 11) is 0. The third kappa shape index (κ3) is 2.92. The molecule has 2 rings (SSSR count). The number of fused-ring (bicyclic) bond motifs is 1. The Hall–Kier alpha value is -1.49. The number of rotatable bonds is 4. The van der Waals surface area contributed by atoms with Crippen LogP contribution in [0, 0.1) is 16.0 Å². The number of nitro benzene ring substituents is 1. The van der Waals surface area contributed by atoms with Crippen LogP contribution in [0.4, 0.5) is 5.69 Å². The fraction of sp³-hybridized carbons (Fsp3) is 0.357. The number of alkyl halides is 1. The number of nitro groups is 1. The fourth-order valence-electron chi connectivity index (χ4n) is 1.99. The second-order valence-corrected chi connectivity index (χ2v) is 6.04. The molecule has 0 radical (unpaired) electrons. The van der Waals surface area contributed by atoms with Gasteiger partial charge in [0.05, 0.1) is 15.8 Å². The molecule has 1 heterocycles. The molecule has 2 aromatic rings. The van der Waals surface area contributed by atoms with Crippen molar-refractivity contribution in [1.29, 1.82) is 0 Å². The minimum atomic E-state index is -0.359. The molecule has 0 saturated heterocycles. The summed E-state index contributed by atoms with van der Waals surface area (Å²) in [6.07, 6.45) is 2.48. The van der Waals surface area contributed by atoms with E-state index in [2.05, 4.69) is 34.8 Å². The molecule has 1 aromatic carbocycles. The molecule has 0 fully saturated rings. The van der Waals surface area contributed by atoms with Crippen molar-refractivity contribution in [3.05, 3.63) is 46.1 Å². The van der Waals surface area contributed by atoms with E-state index in [9.17, 15) is 10.1 Å². The van der Waals surface area contributed by atoms with Crippen LogP contribution >= 0.6 is 15.9 Å². The van der Waals surface area contributed by atoms with E-state index in [1.165, 1.54) is 0 Å². The van der Waals surface area contributed by atoms with Crippen molar-refractivity contribution in [1.82, 2.24) is 4.98 Å². The standard InChI is InChI=1S/C14H15BrN2O2/c1-9(2)12(15)8-10-5-6-13(17(18)19)11-4-3-7-16-14(10)11/h3-7,9,12H,8H2,1-2H3. The van der Waals surface area contributed by atoms with E-state index < -0.39 is 0 Å². The minimum Gasteiger partial charge on any atom is -0.258 e. The van der Waals surface area contributed by atoms with Gasteiger partial charge in [-0.05, 0) is 36.1 Å². The van der Waals surface area contributed by atoms with Gasteiger partial charge in [0.2, 0.25) is 0 Å². The van der Waals surface area contributed by atoms with Crippen molar-refractivity contribution >= 4 is 32.5 Å². The zero-order valence-corrected chi connectivity index (χ0v) is 12.4. The van der Waals surface area contributed by atoms with Crippen molar-refractivity contribution < 1.29 is 4.92 Å². The number of benzene rings is 1. The third-order valence-electron chi connectivity index (χ3n) is 3.17. The molecule has 5 heteroatoms. The molecule has 4 nitrogen and oxygen atoms in total. The number of nitrogens with zero attached hydrogens (tertiary/aromatic N) is 2. The largest absolute Gasteiger partial charge is 0.278 e. The van der Waals surface area contributed by atoms with Gasteiger partial charge in [-0.25, -0.2) is 0 Å². The number of hydrogen-bond donors (Lipinski definition) is 0. The first-order chi connectivity index (χ1) is 9.00. The maximum absolute atomic E-state index is 11.0. The lowest BCUT2D eigenvalue weighted by Crippen LogP contribution is -2.11. The lowest BCUT2D eigenvalue weighted by molar-refractivity contribution is -0.383. The van der Waals surface area contributed by atoms with Crippen molar-refractivity contribution in [3.8, 4) is 0 Å². The smallest absolute Gasteiger partial charge is 0.258 e. The van der Waals surface area contributed by atoms with Crippen molar-refractivity contribution in [2.24, 2.45) is 5.92 Å². The third-order valence-corrected chi connectivity index (χ3v) is 4.55. The first-order valence-corrected chi connectivity index (χ1v) is 7.07. The molecular weight excluding hydrogens is 308 g/mol. The average Bonchev–Trinajstić information content (AvgIpc) is 2.38. The summed E-state index contributed by atoms with van der Waals surface area (Å²) in [4.78, 5) is 15.3. The minimum absolute atomic E-state index is 0.113. The number of non-ortho nitro benzene ring substituents is 1. The van der Waals surface area contributed by atoms with Crippen LogP contribution in [0.1, 0.15) is 19.4 Å². The van der Waals surface area contributed by atoms with Crippen LogP contribution in [-0.4, -0.2) is 14.7 Å². The molecule has 1 unspecified atom stereocenters. The zero-order chi connectivity index (χ0) is 14.0. The topological polar surface area (TPSA) is 56.0 Å². The van der Waals surface area contributed by atoms with E-state index in [0.29, 0.717) is 16.1 Å². The summed E-state index contributed by atoms with van der Waals surface area (Å²) in [6, 6.07) is 6.86. The van der Waals surface area contributed by atoms with Crippen LogP contribution < -0.4 is 0 Å². The summed E-state index contributed by atoms with van der Waals surface area (Å²) >= 11 is 3.65. The van der Waals surface area contributed by atoms with Crippen molar-refractivity contribution in [2.45, 2.75) is 25.1 Å².